The van der Waals surface area contributed by atoms with Gasteiger partial charge in [-0.15, -0.1) is 0 Å². The maximum Gasteiger partial charge on any atom is 0.317 e. The summed E-state index contributed by atoms with van der Waals surface area (Å²) in [5, 5.41) is 9.16. The van der Waals surface area contributed by atoms with Gasteiger partial charge in [0.15, 0.2) is 0 Å². The number of aromatic nitrogens is 2. The number of rotatable bonds is 3. The van der Waals surface area contributed by atoms with Crippen molar-refractivity contribution in [1.82, 2.24) is 9.97 Å². The molecular formula is C13H11FN2O2. The molecule has 2 aromatic rings. The minimum atomic E-state index is -0.845. The molecule has 0 atom stereocenters. The molecule has 5 heteroatoms. The van der Waals surface area contributed by atoms with Crippen molar-refractivity contribution in [2.24, 2.45) is 0 Å². The molecule has 0 spiro atoms. The van der Waals surface area contributed by atoms with Crippen LogP contribution in [0.15, 0.2) is 30.5 Å². The van der Waals surface area contributed by atoms with Gasteiger partial charge in [-0.25, -0.2) is 9.37 Å². The minimum absolute atomic E-state index is 0.303. The minimum Gasteiger partial charge on any atom is -0.480 e. The van der Waals surface area contributed by atoms with Crippen molar-refractivity contribution < 1.29 is 14.3 Å². The van der Waals surface area contributed by atoms with Gasteiger partial charge in [-0.2, -0.15) is 0 Å². The summed E-state index contributed by atoms with van der Waals surface area (Å²) in [6.07, 6.45) is 2.81. The first-order valence-corrected chi connectivity index (χ1v) is 5.67. The Hall–Kier alpha value is -2.17. The Morgan fingerprint density at radius 1 is 1.33 bits per heavy atom. The van der Waals surface area contributed by atoms with Gasteiger partial charge in [0.2, 0.25) is 0 Å². The van der Waals surface area contributed by atoms with E-state index in [0.29, 0.717) is 24.4 Å². The Labute approximate surface area is 102 Å². The van der Waals surface area contributed by atoms with Crippen LogP contribution in [0.25, 0.3) is 11.3 Å². The van der Waals surface area contributed by atoms with Gasteiger partial charge in [0, 0.05) is 0 Å². The first-order valence-electron chi connectivity index (χ1n) is 5.67. The van der Waals surface area contributed by atoms with Crippen molar-refractivity contribution >= 4 is 5.97 Å². The fourth-order valence-corrected chi connectivity index (χ4v) is 2.02. The van der Waals surface area contributed by atoms with Crippen LogP contribution in [-0.4, -0.2) is 21.0 Å². The Bertz CT molecular complexity index is 600. The lowest BCUT2D eigenvalue weighted by Crippen LogP contribution is -2.20. The molecule has 1 heterocycles. The molecule has 3 rings (SSSR count). The largest absolute Gasteiger partial charge is 0.480 e. The lowest BCUT2D eigenvalue weighted by atomic mass is 10.1. The predicted molar refractivity (Wildman–Crippen MR) is 62.5 cm³/mol. The maximum absolute atomic E-state index is 12.8. The van der Waals surface area contributed by atoms with Gasteiger partial charge in [-0.1, -0.05) is 0 Å². The molecule has 1 aromatic heterocycles. The van der Waals surface area contributed by atoms with Gasteiger partial charge in [-0.3, -0.25) is 4.79 Å². The van der Waals surface area contributed by atoms with Crippen LogP contribution in [0.5, 0.6) is 0 Å². The molecule has 2 N–H and O–H groups in total. The molecule has 1 saturated carbocycles. The fraction of sp³-hybridized carbons (Fsp3) is 0.231. The third-order valence-electron chi connectivity index (χ3n) is 3.34. The van der Waals surface area contributed by atoms with Crippen LogP contribution in [0, 0.1) is 5.82 Å². The second-order valence-electron chi connectivity index (χ2n) is 4.54. The normalized spacial score (nSPS) is 16.5. The molecule has 0 unspecified atom stereocenters. The quantitative estimate of drug-likeness (QED) is 0.873. The summed E-state index contributed by atoms with van der Waals surface area (Å²) in [4.78, 5) is 18.3. The van der Waals surface area contributed by atoms with E-state index in [-0.39, 0.29) is 5.82 Å². The highest BCUT2D eigenvalue weighted by atomic mass is 19.1. The summed E-state index contributed by atoms with van der Waals surface area (Å²) in [5.74, 6) is -0.667. The topological polar surface area (TPSA) is 66.0 Å². The van der Waals surface area contributed by atoms with Gasteiger partial charge >= 0.3 is 5.97 Å². The molecule has 4 nitrogen and oxygen atoms in total. The lowest BCUT2D eigenvalue weighted by molar-refractivity contribution is -0.140. The van der Waals surface area contributed by atoms with E-state index in [1.165, 1.54) is 12.1 Å². The summed E-state index contributed by atoms with van der Waals surface area (Å²) in [6.45, 7) is 0. The van der Waals surface area contributed by atoms with E-state index in [1.807, 2.05) is 0 Å². The second kappa shape index (κ2) is 3.66. The van der Waals surface area contributed by atoms with Gasteiger partial charge in [0.25, 0.3) is 0 Å². The standard InChI is InChI=1S/C13H11FN2O2/c14-9-3-1-8(2-4-9)10-7-15-11(16-10)13(5-6-13)12(17)18/h1-4,7H,5-6H2,(H,15,16)(H,17,18). The third kappa shape index (κ3) is 1.59. The third-order valence-corrected chi connectivity index (χ3v) is 3.34. The molecule has 1 aliphatic rings. The number of H-pyrrole nitrogens is 1. The van der Waals surface area contributed by atoms with Crippen LogP contribution in [0.3, 0.4) is 0 Å². The van der Waals surface area contributed by atoms with Gasteiger partial charge < -0.3 is 10.1 Å². The van der Waals surface area contributed by atoms with Gasteiger partial charge in [0.05, 0.1) is 11.9 Å². The van der Waals surface area contributed by atoms with E-state index >= 15 is 0 Å². The van der Waals surface area contributed by atoms with Crippen molar-refractivity contribution in [2.75, 3.05) is 0 Å². The fourth-order valence-electron chi connectivity index (χ4n) is 2.02. The Kier molecular flexibility index (Phi) is 2.23. The molecule has 0 radical (unpaired) electrons. The van der Waals surface area contributed by atoms with E-state index in [2.05, 4.69) is 9.97 Å². The summed E-state index contributed by atoms with van der Waals surface area (Å²) in [6, 6.07) is 5.99. The number of carbonyl (C=O) groups is 1. The van der Waals surface area contributed by atoms with E-state index in [4.69, 9.17) is 5.11 Å². The number of nitrogens with zero attached hydrogens (tertiary/aromatic N) is 1. The molecule has 1 aromatic carbocycles. The number of carboxylic acid groups (broad SMARTS) is 1. The Morgan fingerprint density at radius 2 is 2.00 bits per heavy atom. The molecule has 0 saturated heterocycles. The van der Waals surface area contributed by atoms with E-state index in [1.54, 1.807) is 18.3 Å². The molecule has 0 aliphatic heterocycles. The van der Waals surface area contributed by atoms with Crippen LogP contribution in [0.1, 0.15) is 18.7 Å². The number of imidazole rings is 1. The molecule has 0 bridgehead atoms. The van der Waals surface area contributed by atoms with Crippen LogP contribution >= 0.6 is 0 Å². The average molecular weight is 246 g/mol. The number of carboxylic acids is 1. The van der Waals surface area contributed by atoms with Crippen LogP contribution in [-0.2, 0) is 10.2 Å². The Balaban J connectivity index is 1.95. The monoisotopic (exact) mass is 246 g/mol. The highest BCUT2D eigenvalue weighted by molar-refractivity contribution is 5.83. The predicted octanol–water partition coefficient (Wildman–Crippen LogP) is 2.33. The summed E-state index contributed by atoms with van der Waals surface area (Å²) in [5.41, 5.74) is 0.659. The SMILES string of the molecule is O=C(O)C1(c2ncc(-c3ccc(F)cc3)[nH]2)CC1. The number of halogens is 1. The zero-order valence-electron chi connectivity index (χ0n) is 9.48. The molecule has 1 fully saturated rings. The van der Waals surface area contributed by atoms with Crippen molar-refractivity contribution in [3.05, 3.63) is 42.1 Å². The molecule has 18 heavy (non-hydrogen) atoms. The van der Waals surface area contributed by atoms with Crippen LogP contribution < -0.4 is 0 Å². The van der Waals surface area contributed by atoms with Crippen molar-refractivity contribution in [3.8, 4) is 11.3 Å². The van der Waals surface area contributed by atoms with Crippen LogP contribution in [0.4, 0.5) is 4.39 Å². The zero-order valence-corrected chi connectivity index (χ0v) is 9.48. The highest BCUT2D eigenvalue weighted by Gasteiger charge is 2.54. The summed E-state index contributed by atoms with van der Waals surface area (Å²) >= 11 is 0. The first-order chi connectivity index (χ1) is 8.62. The average Bonchev–Trinajstić information content (AvgIpc) is 3.03. The summed E-state index contributed by atoms with van der Waals surface area (Å²) < 4.78 is 12.8. The Morgan fingerprint density at radius 3 is 2.56 bits per heavy atom. The highest BCUT2D eigenvalue weighted by Crippen LogP contribution is 2.47. The molecule has 92 valence electrons. The van der Waals surface area contributed by atoms with Crippen molar-refractivity contribution in [3.63, 3.8) is 0 Å². The summed E-state index contributed by atoms with van der Waals surface area (Å²) in [7, 11) is 0. The van der Waals surface area contributed by atoms with E-state index in [0.717, 1.165) is 5.56 Å². The number of hydrogen-bond donors (Lipinski definition) is 2. The number of aliphatic carboxylic acids is 1. The van der Waals surface area contributed by atoms with Gasteiger partial charge in [-0.05, 0) is 42.7 Å². The zero-order chi connectivity index (χ0) is 12.8. The first kappa shape index (κ1) is 11.0. The number of nitrogens with one attached hydrogen (secondary N) is 1. The lowest BCUT2D eigenvalue weighted by Gasteiger charge is -2.04. The smallest absolute Gasteiger partial charge is 0.317 e. The van der Waals surface area contributed by atoms with Crippen LogP contribution in [0.2, 0.25) is 0 Å². The van der Waals surface area contributed by atoms with E-state index in [9.17, 15) is 9.18 Å². The van der Waals surface area contributed by atoms with E-state index < -0.39 is 11.4 Å². The molecule has 1 aliphatic carbocycles. The molecular weight excluding hydrogens is 235 g/mol. The van der Waals surface area contributed by atoms with Gasteiger partial charge in [0.1, 0.15) is 17.1 Å². The number of aromatic amines is 1. The number of benzene rings is 1. The molecule has 0 amide bonds. The van der Waals surface area contributed by atoms with Crippen molar-refractivity contribution in [2.45, 2.75) is 18.3 Å². The maximum atomic E-state index is 12.8. The second-order valence-corrected chi connectivity index (χ2v) is 4.54. The number of hydrogen-bond acceptors (Lipinski definition) is 2. The van der Waals surface area contributed by atoms with Crippen molar-refractivity contribution in [1.29, 1.82) is 0 Å².